The van der Waals surface area contributed by atoms with Crippen LogP contribution in [0.2, 0.25) is 0 Å². The number of likely N-dealkylation sites (N-methyl/N-ethyl adjacent to an activating group) is 2. The molecular weight excluding hydrogens is 198 g/mol. The Morgan fingerprint density at radius 2 is 2.20 bits per heavy atom. The highest BCUT2D eigenvalue weighted by Crippen LogP contribution is 2.11. The van der Waals surface area contributed by atoms with Crippen molar-refractivity contribution in [2.45, 2.75) is 19.4 Å². The Bertz CT molecular complexity index is 290. The van der Waals surface area contributed by atoms with Gasteiger partial charge in [0.05, 0.1) is 19.0 Å². The van der Waals surface area contributed by atoms with E-state index in [-0.39, 0.29) is 30.7 Å². The first-order valence-corrected chi connectivity index (χ1v) is 4.88. The van der Waals surface area contributed by atoms with Crippen LogP contribution in [0.15, 0.2) is 0 Å². The lowest BCUT2D eigenvalue weighted by Crippen LogP contribution is -2.42. The van der Waals surface area contributed by atoms with E-state index in [1.807, 2.05) is 0 Å². The van der Waals surface area contributed by atoms with E-state index < -0.39 is 6.04 Å². The Labute approximate surface area is 88.0 Å². The lowest BCUT2D eigenvalue weighted by Gasteiger charge is -2.12. The molecule has 0 saturated carbocycles. The summed E-state index contributed by atoms with van der Waals surface area (Å²) in [5.74, 6) is -0.631. The summed E-state index contributed by atoms with van der Waals surface area (Å²) < 4.78 is 0. The van der Waals surface area contributed by atoms with Crippen molar-refractivity contribution in [2.75, 3.05) is 20.1 Å². The molecule has 3 amide bonds. The summed E-state index contributed by atoms with van der Waals surface area (Å²) in [5.41, 5.74) is 0. The number of carbonyl (C=O) groups excluding carboxylic acids is 3. The number of carbonyl (C=O) groups is 3. The minimum Gasteiger partial charge on any atom is -0.358 e. The molecule has 0 aromatic heterocycles. The highest BCUT2D eigenvalue weighted by Gasteiger charge is 2.37. The van der Waals surface area contributed by atoms with E-state index in [9.17, 15) is 14.4 Å². The molecule has 0 spiro atoms. The fraction of sp³-hybridized carbons (Fsp3) is 0.667. The van der Waals surface area contributed by atoms with Crippen LogP contribution in [0.4, 0.5) is 0 Å². The topological polar surface area (TPSA) is 78.5 Å². The Hall–Kier alpha value is -1.43. The van der Waals surface area contributed by atoms with Gasteiger partial charge in [0.15, 0.2) is 0 Å². The predicted molar refractivity (Wildman–Crippen MR) is 52.9 cm³/mol. The Kier molecular flexibility index (Phi) is 3.79. The van der Waals surface area contributed by atoms with Crippen LogP contribution in [0.1, 0.15) is 13.3 Å². The van der Waals surface area contributed by atoms with Crippen molar-refractivity contribution in [1.82, 2.24) is 15.5 Å². The van der Waals surface area contributed by atoms with Gasteiger partial charge >= 0.3 is 0 Å². The molecule has 0 bridgehead atoms. The molecule has 1 rings (SSSR count). The Morgan fingerprint density at radius 1 is 1.53 bits per heavy atom. The fourth-order valence-electron chi connectivity index (χ4n) is 1.48. The Morgan fingerprint density at radius 3 is 2.67 bits per heavy atom. The van der Waals surface area contributed by atoms with E-state index in [0.29, 0.717) is 6.54 Å². The summed E-state index contributed by atoms with van der Waals surface area (Å²) in [6, 6.07) is -0.547. The van der Waals surface area contributed by atoms with E-state index in [4.69, 9.17) is 0 Å². The highest BCUT2D eigenvalue weighted by molar-refractivity contribution is 6.05. The standard InChI is InChI=1S/C9H15N3O3/c1-3-12-8(14)4-6(9(12)15)11-5-7(13)10-2/h6,11H,3-5H2,1-2H3,(H,10,13). The second kappa shape index (κ2) is 4.88. The number of nitrogens with zero attached hydrogens (tertiary/aromatic N) is 1. The van der Waals surface area contributed by atoms with Crippen LogP contribution in [0.25, 0.3) is 0 Å². The second-order valence-corrected chi connectivity index (χ2v) is 3.29. The zero-order chi connectivity index (χ0) is 11.4. The highest BCUT2D eigenvalue weighted by atomic mass is 16.2. The van der Waals surface area contributed by atoms with Gasteiger partial charge in [0.2, 0.25) is 17.7 Å². The number of hydrogen-bond donors (Lipinski definition) is 2. The van der Waals surface area contributed by atoms with E-state index in [1.54, 1.807) is 6.92 Å². The van der Waals surface area contributed by atoms with E-state index >= 15 is 0 Å². The zero-order valence-corrected chi connectivity index (χ0v) is 8.87. The number of rotatable bonds is 4. The molecule has 15 heavy (non-hydrogen) atoms. The molecule has 2 N–H and O–H groups in total. The molecule has 0 radical (unpaired) electrons. The van der Waals surface area contributed by atoms with Crippen molar-refractivity contribution in [1.29, 1.82) is 0 Å². The van der Waals surface area contributed by atoms with Gasteiger partial charge in [-0.15, -0.1) is 0 Å². The Balaban J connectivity index is 2.48. The maximum atomic E-state index is 11.6. The molecule has 0 aliphatic carbocycles. The minimum atomic E-state index is -0.547. The fourth-order valence-corrected chi connectivity index (χ4v) is 1.48. The second-order valence-electron chi connectivity index (χ2n) is 3.29. The first kappa shape index (κ1) is 11.6. The third kappa shape index (κ3) is 2.53. The SMILES string of the molecule is CCN1C(=O)CC(NCC(=O)NC)C1=O. The van der Waals surface area contributed by atoms with Crippen LogP contribution < -0.4 is 10.6 Å². The van der Waals surface area contributed by atoms with Crippen LogP contribution in [0, 0.1) is 0 Å². The van der Waals surface area contributed by atoms with Gasteiger partial charge in [0.25, 0.3) is 0 Å². The van der Waals surface area contributed by atoms with Crippen LogP contribution in [0.3, 0.4) is 0 Å². The molecule has 0 aromatic rings. The van der Waals surface area contributed by atoms with Gasteiger partial charge in [-0.25, -0.2) is 0 Å². The number of amides is 3. The van der Waals surface area contributed by atoms with Crippen LogP contribution in [-0.4, -0.2) is 48.8 Å². The summed E-state index contributed by atoms with van der Waals surface area (Å²) in [6.07, 6.45) is 0.143. The molecular formula is C9H15N3O3. The number of imide groups is 1. The van der Waals surface area contributed by atoms with Gasteiger partial charge in [0, 0.05) is 13.6 Å². The molecule has 6 heteroatoms. The van der Waals surface area contributed by atoms with Gasteiger partial charge in [-0.05, 0) is 6.92 Å². The minimum absolute atomic E-state index is 0.0533. The summed E-state index contributed by atoms with van der Waals surface area (Å²) >= 11 is 0. The predicted octanol–water partition coefficient (Wildman–Crippen LogP) is -1.53. The van der Waals surface area contributed by atoms with Crippen molar-refractivity contribution < 1.29 is 14.4 Å². The number of likely N-dealkylation sites (tertiary alicyclic amines) is 1. The average Bonchev–Trinajstić information content (AvgIpc) is 2.50. The lowest BCUT2D eigenvalue weighted by molar-refractivity contribution is -0.138. The quantitative estimate of drug-likeness (QED) is 0.555. The van der Waals surface area contributed by atoms with E-state index in [1.165, 1.54) is 11.9 Å². The van der Waals surface area contributed by atoms with Gasteiger partial charge in [-0.2, -0.15) is 0 Å². The molecule has 0 aromatic carbocycles. The van der Waals surface area contributed by atoms with Gasteiger partial charge in [-0.3, -0.25) is 24.6 Å². The van der Waals surface area contributed by atoms with E-state index in [0.717, 1.165) is 0 Å². The molecule has 1 saturated heterocycles. The van der Waals surface area contributed by atoms with Crippen molar-refractivity contribution in [3.63, 3.8) is 0 Å². The molecule has 6 nitrogen and oxygen atoms in total. The number of nitrogens with one attached hydrogen (secondary N) is 2. The maximum absolute atomic E-state index is 11.6. The summed E-state index contributed by atoms with van der Waals surface area (Å²) in [7, 11) is 1.52. The van der Waals surface area contributed by atoms with Gasteiger partial charge < -0.3 is 5.32 Å². The smallest absolute Gasteiger partial charge is 0.246 e. The molecule has 1 unspecified atom stereocenters. The molecule has 1 atom stereocenters. The maximum Gasteiger partial charge on any atom is 0.246 e. The van der Waals surface area contributed by atoms with Gasteiger partial charge in [0.1, 0.15) is 0 Å². The molecule has 1 fully saturated rings. The van der Waals surface area contributed by atoms with Crippen LogP contribution >= 0.6 is 0 Å². The average molecular weight is 213 g/mol. The molecule has 1 aliphatic heterocycles. The molecule has 1 heterocycles. The first-order valence-electron chi connectivity index (χ1n) is 4.88. The third-order valence-corrected chi connectivity index (χ3v) is 2.35. The molecule has 84 valence electrons. The van der Waals surface area contributed by atoms with E-state index in [2.05, 4.69) is 10.6 Å². The van der Waals surface area contributed by atoms with Crippen LogP contribution in [-0.2, 0) is 14.4 Å². The molecule has 1 aliphatic rings. The summed E-state index contributed by atoms with van der Waals surface area (Å²) in [5, 5.41) is 5.18. The lowest BCUT2D eigenvalue weighted by atomic mass is 10.2. The normalized spacial score (nSPS) is 20.9. The third-order valence-electron chi connectivity index (χ3n) is 2.35. The van der Waals surface area contributed by atoms with Crippen molar-refractivity contribution in [2.24, 2.45) is 0 Å². The van der Waals surface area contributed by atoms with Crippen molar-refractivity contribution in [3.05, 3.63) is 0 Å². The first-order chi connectivity index (χ1) is 7.10. The van der Waals surface area contributed by atoms with Crippen molar-refractivity contribution >= 4 is 17.7 Å². The summed E-state index contributed by atoms with van der Waals surface area (Å²) in [6.45, 7) is 2.19. The number of hydrogen-bond acceptors (Lipinski definition) is 4. The summed E-state index contributed by atoms with van der Waals surface area (Å²) in [4.78, 5) is 35.0. The largest absolute Gasteiger partial charge is 0.358 e. The van der Waals surface area contributed by atoms with Crippen molar-refractivity contribution in [3.8, 4) is 0 Å². The van der Waals surface area contributed by atoms with Gasteiger partial charge in [-0.1, -0.05) is 0 Å². The monoisotopic (exact) mass is 213 g/mol. The van der Waals surface area contributed by atoms with Crippen LogP contribution in [0.5, 0.6) is 0 Å². The zero-order valence-electron chi connectivity index (χ0n) is 8.87.